The first-order valence-electron chi connectivity index (χ1n) is 5.61. The third kappa shape index (κ3) is 3.02. The Morgan fingerprint density at radius 1 is 1.12 bits per heavy atom. The average Bonchev–Trinajstić information content (AvgIpc) is 2.36. The molecule has 0 saturated carbocycles. The van der Waals surface area contributed by atoms with Crippen LogP contribution in [0.2, 0.25) is 0 Å². The van der Waals surface area contributed by atoms with Crippen LogP contribution in [0.3, 0.4) is 0 Å². The van der Waals surface area contributed by atoms with Gasteiger partial charge >= 0.3 is 0 Å². The number of rotatable bonds is 3. The number of aliphatic hydroxyl groups is 3. The summed E-state index contributed by atoms with van der Waals surface area (Å²) in [6, 6.07) is 9.68. The first kappa shape index (κ1) is 12.5. The largest absolute Gasteiger partial charge is 0.388 e. The number of hydrogen-bond donors (Lipinski definition) is 4. The fraction of sp³-hybridized carbons (Fsp3) is 0.500. The van der Waals surface area contributed by atoms with Crippen molar-refractivity contribution in [3.8, 4) is 0 Å². The van der Waals surface area contributed by atoms with Crippen LogP contribution in [0, 0.1) is 0 Å². The smallest absolute Gasteiger partial charge is 0.137 e. The molecule has 4 atom stereocenters. The minimum atomic E-state index is -1.17. The third-order valence-corrected chi connectivity index (χ3v) is 2.85. The average molecular weight is 239 g/mol. The van der Waals surface area contributed by atoms with E-state index in [2.05, 4.69) is 5.32 Å². The van der Waals surface area contributed by atoms with E-state index in [1.54, 1.807) is 0 Å². The highest BCUT2D eigenvalue weighted by Gasteiger charge is 2.37. The summed E-state index contributed by atoms with van der Waals surface area (Å²) >= 11 is 0. The van der Waals surface area contributed by atoms with E-state index in [4.69, 9.17) is 4.74 Å². The van der Waals surface area contributed by atoms with Crippen LogP contribution < -0.4 is 5.32 Å². The first-order chi connectivity index (χ1) is 8.18. The molecule has 1 aromatic rings. The topological polar surface area (TPSA) is 82.0 Å². The van der Waals surface area contributed by atoms with E-state index in [0.29, 0.717) is 6.54 Å². The van der Waals surface area contributed by atoms with Crippen molar-refractivity contribution < 1.29 is 20.1 Å². The van der Waals surface area contributed by atoms with Gasteiger partial charge in [0.2, 0.25) is 0 Å². The van der Waals surface area contributed by atoms with Crippen molar-refractivity contribution in [2.24, 2.45) is 0 Å². The molecule has 1 unspecified atom stereocenters. The van der Waals surface area contributed by atoms with Crippen LogP contribution in [0.1, 0.15) is 5.56 Å². The molecule has 0 aromatic heterocycles. The Hall–Kier alpha value is -0.980. The molecule has 5 nitrogen and oxygen atoms in total. The van der Waals surface area contributed by atoms with Crippen molar-refractivity contribution in [1.82, 2.24) is 5.32 Å². The third-order valence-electron chi connectivity index (χ3n) is 2.85. The fourth-order valence-corrected chi connectivity index (χ4v) is 1.80. The maximum atomic E-state index is 9.69. The molecule has 2 rings (SSSR count). The molecule has 0 aliphatic carbocycles. The van der Waals surface area contributed by atoms with E-state index >= 15 is 0 Å². The second kappa shape index (κ2) is 5.57. The molecular weight excluding hydrogens is 222 g/mol. The molecule has 1 heterocycles. The summed E-state index contributed by atoms with van der Waals surface area (Å²) in [5, 5.41) is 31.5. The predicted molar refractivity (Wildman–Crippen MR) is 61.0 cm³/mol. The van der Waals surface area contributed by atoms with E-state index in [0.717, 1.165) is 5.56 Å². The van der Waals surface area contributed by atoms with Crippen LogP contribution in [-0.2, 0) is 11.3 Å². The van der Waals surface area contributed by atoms with Crippen molar-refractivity contribution in [1.29, 1.82) is 0 Å². The Morgan fingerprint density at radius 2 is 1.82 bits per heavy atom. The van der Waals surface area contributed by atoms with Gasteiger partial charge in [0.15, 0.2) is 0 Å². The monoisotopic (exact) mass is 239 g/mol. The van der Waals surface area contributed by atoms with Crippen LogP contribution in [-0.4, -0.2) is 46.5 Å². The number of ether oxygens (including phenoxy) is 1. The molecule has 17 heavy (non-hydrogen) atoms. The summed E-state index contributed by atoms with van der Waals surface area (Å²) in [4.78, 5) is 0. The number of hydrogen-bond acceptors (Lipinski definition) is 5. The van der Waals surface area contributed by atoms with E-state index in [9.17, 15) is 15.3 Å². The highest BCUT2D eigenvalue weighted by atomic mass is 16.5. The Bertz CT molecular complexity index is 346. The fourth-order valence-electron chi connectivity index (χ4n) is 1.80. The van der Waals surface area contributed by atoms with Gasteiger partial charge in [-0.1, -0.05) is 30.3 Å². The van der Waals surface area contributed by atoms with Crippen LogP contribution in [0.15, 0.2) is 30.3 Å². The SMILES string of the molecule is O[C@H]1[C@H](O)COC(NCc2ccccc2)[C@@H]1O. The summed E-state index contributed by atoms with van der Waals surface area (Å²) in [7, 11) is 0. The van der Waals surface area contributed by atoms with Crippen molar-refractivity contribution in [3.05, 3.63) is 35.9 Å². The molecule has 1 saturated heterocycles. The quantitative estimate of drug-likeness (QED) is 0.556. The van der Waals surface area contributed by atoms with Gasteiger partial charge < -0.3 is 20.1 Å². The van der Waals surface area contributed by atoms with E-state index in [1.807, 2.05) is 30.3 Å². The van der Waals surface area contributed by atoms with Crippen LogP contribution in [0.5, 0.6) is 0 Å². The summed E-state index contributed by atoms with van der Waals surface area (Å²) in [5.74, 6) is 0. The lowest BCUT2D eigenvalue weighted by atomic mass is 10.0. The van der Waals surface area contributed by atoms with Gasteiger partial charge in [-0.15, -0.1) is 0 Å². The van der Waals surface area contributed by atoms with Gasteiger partial charge in [0.05, 0.1) is 6.61 Å². The molecule has 4 N–H and O–H groups in total. The molecule has 0 bridgehead atoms. The molecule has 0 amide bonds. The standard InChI is InChI=1S/C12H17NO4/c14-9-7-17-12(11(16)10(9)15)13-6-8-4-2-1-3-5-8/h1-5,9-16H,6-7H2/t9-,10+,11-,12?/m1/s1. The van der Waals surface area contributed by atoms with Crippen molar-refractivity contribution >= 4 is 0 Å². The second-order valence-corrected chi connectivity index (χ2v) is 4.17. The number of aliphatic hydroxyl groups excluding tert-OH is 3. The summed E-state index contributed by atoms with van der Waals surface area (Å²) in [6.07, 6.45) is -3.98. The van der Waals surface area contributed by atoms with Crippen LogP contribution in [0.25, 0.3) is 0 Å². The molecule has 1 aromatic carbocycles. The molecule has 94 valence electrons. The highest BCUT2D eigenvalue weighted by molar-refractivity contribution is 5.14. The lowest BCUT2D eigenvalue weighted by molar-refractivity contribution is -0.195. The van der Waals surface area contributed by atoms with E-state index in [-0.39, 0.29) is 6.61 Å². The normalized spacial score (nSPS) is 33.6. The van der Waals surface area contributed by atoms with Crippen LogP contribution in [0.4, 0.5) is 0 Å². The lowest BCUT2D eigenvalue weighted by Gasteiger charge is -2.35. The lowest BCUT2D eigenvalue weighted by Crippen LogP contribution is -2.57. The molecular formula is C12H17NO4. The predicted octanol–water partition coefficient (Wildman–Crippen LogP) is -0.785. The van der Waals surface area contributed by atoms with Crippen molar-refractivity contribution in [3.63, 3.8) is 0 Å². The molecule has 0 spiro atoms. The van der Waals surface area contributed by atoms with Gasteiger partial charge in [0, 0.05) is 6.54 Å². The van der Waals surface area contributed by atoms with Crippen LogP contribution >= 0.6 is 0 Å². The summed E-state index contributed by atoms with van der Waals surface area (Å²) in [6.45, 7) is 0.552. The zero-order valence-electron chi connectivity index (χ0n) is 9.36. The Morgan fingerprint density at radius 3 is 2.53 bits per heavy atom. The maximum absolute atomic E-state index is 9.69. The van der Waals surface area contributed by atoms with Crippen molar-refractivity contribution in [2.45, 2.75) is 31.1 Å². The Kier molecular flexibility index (Phi) is 4.09. The van der Waals surface area contributed by atoms with Gasteiger partial charge in [-0.05, 0) is 5.56 Å². The molecule has 5 heteroatoms. The zero-order chi connectivity index (χ0) is 12.3. The number of benzene rings is 1. The van der Waals surface area contributed by atoms with Gasteiger partial charge in [0.1, 0.15) is 24.5 Å². The summed E-state index contributed by atoms with van der Waals surface area (Å²) in [5.41, 5.74) is 1.06. The minimum absolute atomic E-state index is 0.0185. The Balaban J connectivity index is 1.87. The maximum Gasteiger partial charge on any atom is 0.137 e. The van der Waals surface area contributed by atoms with Gasteiger partial charge in [-0.2, -0.15) is 0 Å². The molecule has 1 aliphatic rings. The van der Waals surface area contributed by atoms with Crippen molar-refractivity contribution in [2.75, 3.05) is 6.61 Å². The second-order valence-electron chi connectivity index (χ2n) is 4.17. The molecule has 1 fully saturated rings. The molecule has 0 radical (unpaired) electrons. The molecule has 1 aliphatic heterocycles. The number of nitrogens with one attached hydrogen (secondary N) is 1. The van der Waals surface area contributed by atoms with E-state index in [1.165, 1.54) is 0 Å². The Labute approximate surface area is 99.7 Å². The van der Waals surface area contributed by atoms with Gasteiger partial charge in [-0.25, -0.2) is 0 Å². The van der Waals surface area contributed by atoms with E-state index < -0.39 is 24.5 Å². The van der Waals surface area contributed by atoms with Gasteiger partial charge in [0.25, 0.3) is 0 Å². The summed E-state index contributed by atoms with van der Waals surface area (Å²) < 4.78 is 5.22. The minimum Gasteiger partial charge on any atom is -0.388 e. The zero-order valence-corrected chi connectivity index (χ0v) is 9.36. The first-order valence-corrected chi connectivity index (χ1v) is 5.61. The van der Waals surface area contributed by atoms with Gasteiger partial charge in [-0.3, -0.25) is 5.32 Å². The highest BCUT2D eigenvalue weighted by Crippen LogP contribution is 2.14.